The lowest BCUT2D eigenvalue weighted by molar-refractivity contribution is -0.138. The van der Waals surface area contributed by atoms with Gasteiger partial charge < -0.3 is 15.1 Å². The summed E-state index contributed by atoms with van der Waals surface area (Å²) in [5.74, 6) is -0.664. The Morgan fingerprint density at radius 3 is 1.81 bits per heavy atom. The van der Waals surface area contributed by atoms with Gasteiger partial charge in [-0.2, -0.15) is 13.2 Å². The summed E-state index contributed by atoms with van der Waals surface area (Å²) in [4.78, 5) is 12.7. The van der Waals surface area contributed by atoms with Crippen LogP contribution in [0.1, 0.15) is 160 Å². The summed E-state index contributed by atoms with van der Waals surface area (Å²) >= 11 is 12.6. The fourth-order valence-electron chi connectivity index (χ4n) is 6.56. The van der Waals surface area contributed by atoms with Gasteiger partial charge in [0.05, 0.1) is 11.7 Å². The Kier molecular flexibility index (Phi) is 23.4. The third-order valence-electron chi connectivity index (χ3n) is 9.73. The zero-order chi connectivity index (χ0) is 39.1. The number of hydrogen-bond donors (Lipinski definition) is 2. The summed E-state index contributed by atoms with van der Waals surface area (Å²) in [7, 11) is 0. The van der Waals surface area contributed by atoms with E-state index in [2.05, 4.69) is 37.8 Å². The van der Waals surface area contributed by atoms with Crippen LogP contribution in [-0.2, 0) is 11.0 Å². The molecule has 4 nitrogen and oxygen atoms in total. The number of benzene rings is 3. The molecule has 0 aliphatic carbocycles. The van der Waals surface area contributed by atoms with E-state index in [4.69, 9.17) is 28.3 Å². The van der Waals surface area contributed by atoms with Crippen molar-refractivity contribution in [2.24, 2.45) is 0 Å². The molecule has 298 valence electrons. The number of allylic oxidation sites excluding steroid dienone is 2. The molecule has 0 spiro atoms. The highest BCUT2D eigenvalue weighted by molar-refractivity contribution is 6.39. The number of carboxylic acids is 1. The van der Waals surface area contributed by atoms with Crippen LogP contribution in [0.15, 0.2) is 48.6 Å². The summed E-state index contributed by atoms with van der Waals surface area (Å²) in [6.45, 7) is 9.23. The highest BCUT2D eigenvalue weighted by Crippen LogP contribution is 2.40. The Labute approximate surface area is 327 Å². The van der Waals surface area contributed by atoms with Crippen molar-refractivity contribution in [2.45, 2.75) is 155 Å². The van der Waals surface area contributed by atoms with E-state index in [1.54, 1.807) is 18.2 Å². The van der Waals surface area contributed by atoms with E-state index in [9.17, 15) is 23.1 Å². The molecule has 0 aliphatic rings. The first-order valence-electron chi connectivity index (χ1n) is 20.1. The van der Waals surface area contributed by atoms with Crippen molar-refractivity contribution in [3.63, 3.8) is 0 Å². The molecule has 53 heavy (non-hydrogen) atoms. The number of aliphatic hydroxyl groups excluding tert-OH is 1. The monoisotopic (exact) mass is 781 g/mol. The van der Waals surface area contributed by atoms with Gasteiger partial charge in [-0.3, -0.25) is 4.79 Å². The first-order chi connectivity index (χ1) is 25.4. The average molecular weight is 783 g/mol. The number of alkyl halides is 3. The zero-order valence-corrected chi connectivity index (χ0v) is 33.9. The third-order valence-corrected chi connectivity index (χ3v) is 10.3. The molecule has 0 saturated carbocycles. The quantitative estimate of drug-likeness (QED) is 0.0510. The van der Waals surface area contributed by atoms with Gasteiger partial charge in [0.2, 0.25) is 0 Å². The molecular formula is C44H64Cl2F3NO3. The molecule has 0 bridgehead atoms. The van der Waals surface area contributed by atoms with Gasteiger partial charge in [-0.25, -0.2) is 0 Å². The van der Waals surface area contributed by atoms with Crippen LogP contribution < -0.4 is 0 Å². The number of fused-ring (bicyclic) bond motifs is 3. The van der Waals surface area contributed by atoms with Gasteiger partial charge >= 0.3 is 12.1 Å². The highest BCUT2D eigenvalue weighted by Gasteiger charge is 2.31. The summed E-state index contributed by atoms with van der Waals surface area (Å²) < 4.78 is 40.3. The highest BCUT2D eigenvalue weighted by atomic mass is 35.5. The van der Waals surface area contributed by atoms with Gasteiger partial charge in [0.25, 0.3) is 0 Å². The first-order valence-corrected chi connectivity index (χ1v) is 20.9. The second-order valence-corrected chi connectivity index (χ2v) is 15.1. The molecule has 3 rings (SSSR count). The topological polar surface area (TPSA) is 60.8 Å². The molecule has 0 saturated heterocycles. The molecule has 0 fully saturated rings. The molecule has 3 aromatic rings. The van der Waals surface area contributed by atoms with Crippen molar-refractivity contribution < 1.29 is 28.2 Å². The van der Waals surface area contributed by atoms with Crippen molar-refractivity contribution in [1.29, 1.82) is 0 Å². The SMILES string of the molecule is CCCCCCCC/C=C\CCCCCCCC(=O)O.CCCCN(CCCC)CCC(O)c1cc2c(Cl)cc(Cl)cc2c2cc(C(F)(F)F)ccc12. The van der Waals surface area contributed by atoms with Crippen LogP contribution >= 0.6 is 23.2 Å². The fraction of sp³-hybridized carbons (Fsp3) is 0.614. The Balaban J connectivity index is 0.000000419. The van der Waals surface area contributed by atoms with Gasteiger partial charge in [0.15, 0.2) is 0 Å². The minimum Gasteiger partial charge on any atom is -0.481 e. The number of halogens is 5. The number of unbranched alkanes of at least 4 members (excludes halogenated alkanes) is 13. The van der Waals surface area contributed by atoms with Crippen molar-refractivity contribution in [2.75, 3.05) is 19.6 Å². The predicted molar refractivity (Wildman–Crippen MR) is 219 cm³/mol. The standard InChI is InChI=1S/C26H30Cl2F3NO.C18H34O2/c1-3-5-10-32(11-6-4-2)12-9-25(33)23-16-22-21(14-18(27)15-24(22)28)20-13-17(26(29,30)31)7-8-19(20)23;1-2-3-4-5-6-7-8-9-10-11-12-13-14-15-16-17-18(19)20/h7-8,13-16,25,33H,3-6,9-12H2,1-2H3;9-10H,2-8,11-17H2,1H3,(H,19,20)/b;10-9-. The lowest BCUT2D eigenvalue weighted by Crippen LogP contribution is -2.28. The fourth-order valence-corrected chi connectivity index (χ4v) is 7.11. The van der Waals surface area contributed by atoms with Crippen LogP contribution in [0.4, 0.5) is 13.2 Å². The molecule has 3 aromatic carbocycles. The smallest absolute Gasteiger partial charge is 0.416 e. The minimum atomic E-state index is -4.48. The number of carbonyl (C=O) groups is 1. The third kappa shape index (κ3) is 18.2. The maximum absolute atomic E-state index is 13.4. The van der Waals surface area contributed by atoms with Crippen LogP contribution in [0.3, 0.4) is 0 Å². The van der Waals surface area contributed by atoms with E-state index >= 15 is 0 Å². The molecule has 0 heterocycles. The molecule has 9 heteroatoms. The van der Waals surface area contributed by atoms with Gasteiger partial charge in [-0.1, -0.05) is 126 Å². The van der Waals surface area contributed by atoms with E-state index in [-0.39, 0.29) is 0 Å². The maximum Gasteiger partial charge on any atom is 0.416 e. The van der Waals surface area contributed by atoms with E-state index in [1.165, 1.54) is 76.7 Å². The van der Waals surface area contributed by atoms with Crippen molar-refractivity contribution >= 4 is 50.7 Å². The van der Waals surface area contributed by atoms with Gasteiger partial charge in [-0.15, -0.1) is 0 Å². The summed E-state index contributed by atoms with van der Waals surface area (Å²) in [5.41, 5.74) is -0.161. The van der Waals surface area contributed by atoms with E-state index in [0.29, 0.717) is 50.0 Å². The Hall–Kier alpha value is -2.32. The molecule has 1 atom stereocenters. The Morgan fingerprint density at radius 2 is 1.25 bits per heavy atom. The molecule has 0 aliphatic heterocycles. The molecular weight excluding hydrogens is 718 g/mol. The van der Waals surface area contributed by atoms with Crippen LogP contribution in [0.5, 0.6) is 0 Å². The number of rotatable bonds is 25. The van der Waals surface area contributed by atoms with E-state index in [1.807, 2.05) is 0 Å². The molecule has 2 N–H and O–H groups in total. The van der Waals surface area contributed by atoms with Crippen molar-refractivity contribution in [3.05, 3.63) is 69.7 Å². The van der Waals surface area contributed by atoms with Crippen molar-refractivity contribution in [3.8, 4) is 0 Å². The van der Waals surface area contributed by atoms with Gasteiger partial charge in [-0.05, 0) is 117 Å². The normalized spacial score (nSPS) is 12.6. The van der Waals surface area contributed by atoms with E-state index in [0.717, 1.165) is 70.3 Å². The summed E-state index contributed by atoms with van der Waals surface area (Å²) in [6.07, 6.45) is 20.8. The number of aliphatic hydroxyl groups is 1. The van der Waals surface area contributed by atoms with Crippen LogP contribution in [0, 0.1) is 0 Å². The number of nitrogens with zero attached hydrogens (tertiary/aromatic N) is 1. The predicted octanol–water partition coefficient (Wildman–Crippen LogP) is 14.8. The van der Waals surface area contributed by atoms with Gasteiger partial charge in [0, 0.05) is 28.4 Å². The Morgan fingerprint density at radius 1 is 0.698 bits per heavy atom. The molecule has 0 radical (unpaired) electrons. The van der Waals surface area contributed by atoms with Crippen LogP contribution in [0.2, 0.25) is 10.0 Å². The molecule has 1 unspecified atom stereocenters. The Bertz CT molecular complexity index is 1500. The zero-order valence-electron chi connectivity index (χ0n) is 32.4. The maximum atomic E-state index is 13.4. The van der Waals surface area contributed by atoms with Gasteiger partial charge in [0.1, 0.15) is 0 Å². The van der Waals surface area contributed by atoms with Crippen LogP contribution in [0.25, 0.3) is 21.5 Å². The summed E-state index contributed by atoms with van der Waals surface area (Å²) in [6, 6.07) is 8.60. The van der Waals surface area contributed by atoms with E-state index < -0.39 is 23.8 Å². The average Bonchev–Trinajstić information content (AvgIpc) is 3.12. The minimum absolute atomic E-state index is 0.332. The second kappa shape index (κ2) is 26.5. The molecule has 0 aromatic heterocycles. The van der Waals surface area contributed by atoms with Crippen LogP contribution in [-0.4, -0.2) is 40.7 Å². The lowest BCUT2D eigenvalue weighted by atomic mass is 9.92. The molecule has 0 amide bonds. The number of aliphatic carboxylic acids is 1. The summed E-state index contributed by atoms with van der Waals surface area (Å²) in [5, 5.41) is 22.4. The first kappa shape index (κ1) is 46.8. The van der Waals surface area contributed by atoms with Crippen molar-refractivity contribution in [1.82, 2.24) is 4.90 Å². The largest absolute Gasteiger partial charge is 0.481 e. The number of carboxylic acid groups (broad SMARTS) is 1. The number of hydrogen-bond acceptors (Lipinski definition) is 3. The lowest BCUT2D eigenvalue weighted by Gasteiger charge is -2.24. The second-order valence-electron chi connectivity index (χ2n) is 14.3.